The number of aromatic hydroxyl groups is 1. The molecule has 1 heterocycles. The van der Waals surface area contributed by atoms with Gasteiger partial charge in [0, 0.05) is 5.56 Å². The second-order valence-corrected chi connectivity index (χ2v) is 6.22. The molecule has 9 heteroatoms. The van der Waals surface area contributed by atoms with Crippen LogP contribution in [0.5, 0.6) is 11.5 Å². The number of amides is 1. The van der Waals surface area contributed by atoms with Crippen LogP contribution >= 0.6 is 27.3 Å². The van der Waals surface area contributed by atoms with Gasteiger partial charge in [-0.1, -0.05) is 18.3 Å². The van der Waals surface area contributed by atoms with Crippen LogP contribution in [0.2, 0.25) is 0 Å². The molecule has 1 amide bonds. The van der Waals surface area contributed by atoms with Crippen molar-refractivity contribution in [3.63, 3.8) is 0 Å². The number of ether oxygens (including phenoxy) is 1. The third kappa shape index (κ3) is 3.80. The summed E-state index contributed by atoms with van der Waals surface area (Å²) >= 11 is 4.37. The van der Waals surface area contributed by atoms with Crippen LogP contribution in [0.4, 0.5) is 5.13 Å². The van der Waals surface area contributed by atoms with Crippen molar-refractivity contribution in [2.45, 2.75) is 13.3 Å². The van der Waals surface area contributed by atoms with Crippen LogP contribution in [0.15, 0.2) is 21.7 Å². The van der Waals surface area contributed by atoms with Gasteiger partial charge in [-0.05, 0) is 34.5 Å². The number of hydrazone groups is 1. The Morgan fingerprint density at radius 1 is 1.61 bits per heavy atom. The Hall–Kier alpha value is -2.13. The first kappa shape index (κ1) is 17.2. The van der Waals surface area contributed by atoms with Crippen molar-refractivity contribution in [2.75, 3.05) is 12.8 Å². The molecule has 2 aromatic rings. The highest BCUT2D eigenvalue weighted by Gasteiger charge is 2.15. The Morgan fingerprint density at radius 2 is 2.35 bits per heavy atom. The molecule has 0 fully saturated rings. The van der Waals surface area contributed by atoms with Gasteiger partial charge in [-0.15, -0.1) is 0 Å². The minimum Gasteiger partial charge on any atom is -0.503 e. The van der Waals surface area contributed by atoms with E-state index in [1.165, 1.54) is 13.3 Å². The number of methoxy groups -OCH3 is 1. The monoisotopic (exact) mass is 398 g/mol. The fraction of sp³-hybridized carbons (Fsp3) is 0.214. The summed E-state index contributed by atoms with van der Waals surface area (Å²) < 4.78 is 5.42. The van der Waals surface area contributed by atoms with Gasteiger partial charge in [-0.25, -0.2) is 10.4 Å². The number of phenols is 1. The highest BCUT2D eigenvalue weighted by Crippen LogP contribution is 2.35. The zero-order valence-electron chi connectivity index (χ0n) is 12.5. The van der Waals surface area contributed by atoms with Crippen molar-refractivity contribution in [2.24, 2.45) is 5.10 Å². The summed E-state index contributed by atoms with van der Waals surface area (Å²) in [5, 5.41) is 14.1. The van der Waals surface area contributed by atoms with E-state index in [0.717, 1.165) is 11.3 Å². The molecule has 0 aliphatic heterocycles. The van der Waals surface area contributed by atoms with Crippen molar-refractivity contribution >= 4 is 44.5 Å². The third-order valence-corrected chi connectivity index (χ3v) is 4.71. The van der Waals surface area contributed by atoms with E-state index in [1.807, 2.05) is 6.92 Å². The zero-order chi connectivity index (χ0) is 17.0. The lowest BCUT2D eigenvalue weighted by Gasteiger charge is -2.06. The average Bonchev–Trinajstić information content (AvgIpc) is 2.92. The number of halogens is 1. The SMILES string of the molecule is CCc1nc(N)sc1C(=O)N/N=C\c1ccc(OC)c(O)c1Br. The summed E-state index contributed by atoms with van der Waals surface area (Å²) in [6.45, 7) is 1.89. The molecule has 122 valence electrons. The maximum absolute atomic E-state index is 12.1. The van der Waals surface area contributed by atoms with Crippen molar-refractivity contribution in [1.29, 1.82) is 0 Å². The lowest BCUT2D eigenvalue weighted by molar-refractivity contribution is 0.0958. The molecule has 4 N–H and O–H groups in total. The van der Waals surface area contributed by atoms with Gasteiger partial charge in [0.15, 0.2) is 16.6 Å². The zero-order valence-corrected chi connectivity index (χ0v) is 14.9. The van der Waals surface area contributed by atoms with Crippen LogP contribution in [0, 0.1) is 0 Å². The number of hydrogen-bond donors (Lipinski definition) is 3. The molecule has 0 aliphatic rings. The summed E-state index contributed by atoms with van der Waals surface area (Å²) in [6, 6.07) is 3.29. The first-order valence-electron chi connectivity index (χ1n) is 6.62. The lowest BCUT2D eigenvalue weighted by Crippen LogP contribution is -2.17. The van der Waals surface area contributed by atoms with E-state index in [1.54, 1.807) is 12.1 Å². The molecule has 0 spiro atoms. The van der Waals surface area contributed by atoms with E-state index in [0.29, 0.717) is 37.9 Å². The van der Waals surface area contributed by atoms with Crippen LogP contribution in [0.1, 0.15) is 27.9 Å². The molecule has 0 saturated heterocycles. The van der Waals surface area contributed by atoms with Crippen molar-refractivity contribution in [3.05, 3.63) is 32.7 Å². The van der Waals surface area contributed by atoms with Gasteiger partial charge < -0.3 is 15.6 Å². The minimum absolute atomic E-state index is 0.0359. The summed E-state index contributed by atoms with van der Waals surface area (Å²) in [6.07, 6.45) is 2.02. The van der Waals surface area contributed by atoms with Crippen LogP contribution in [0.3, 0.4) is 0 Å². The molecule has 0 aliphatic carbocycles. The summed E-state index contributed by atoms with van der Waals surface area (Å²) in [7, 11) is 1.46. The smallest absolute Gasteiger partial charge is 0.283 e. The highest BCUT2D eigenvalue weighted by molar-refractivity contribution is 9.10. The number of carbonyl (C=O) groups excluding carboxylic acids is 1. The number of thiazole rings is 1. The maximum Gasteiger partial charge on any atom is 0.283 e. The molecule has 23 heavy (non-hydrogen) atoms. The number of rotatable bonds is 5. The Balaban J connectivity index is 2.13. The Kier molecular flexibility index (Phi) is 5.56. The third-order valence-electron chi connectivity index (χ3n) is 2.95. The second kappa shape index (κ2) is 7.42. The Labute approximate surface area is 145 Å². The molecule has 0 radical (unpaired) electrons. The van der Waals surface area contributed by atoms with E-state index in [4.69, 9.17) is 10.5 Å². The van der Waals surface area contributed by atoms with E-state index >= 15 is 0 Å². The van der Waals surface area contributed by atoms with E-state index < -0.39 is 0 Å². The van der Waals surface area contributed by atoms with Crippen molar-refractivity contribution < 1.29 is 14.6 Å². The number of nitrogen functional groups attached to an aromatic ring is 1. The molecule has 0 atom stereocenters. The quantitative estimate of drug-likeness (QED) is 0.529. The number of anilines is 1. The van der Waals surface area contributed by atoms with Crippen LogP contribution in [-0.4, -0.2) is 29.3 Å². The van der Waals surface area contributed by atoms with E-state index in [9.17, 15) is 9.90 Å². The molecule has 0 bridgehead atoms. The van der Waals surface area contributed by atoms with Crippen molar-refractivity contribution in [3.8, 4) is 11.5 Å². The molecule has 7 nitrogen and oxygen atoms in total. The van der Waals surface area contributed by atoms with Crippen molar-refractivity contribution in [1.82, 2.24) is 10.4 Å². The molecular weight excluding hydrogens is 384 g/mol. The lowest BCUT2D eigenvalue weighted by atomic mass is 10.2. The largest absolute Gasteiger partial charge is 0.503 e. The van der Waals surface area contributed by atoms with Crippen LogP contribution < -0.4 is 15.9 Å². The topological polar surface area (TPSA) is 110 Å². The highest BCUT2D eigenvalue weighted by atomic mass is 79.9. The fourth-order valence-corrected chi connectivity index (χ4v) is 3.07. The molecule has 0 unspecified atom stereocenters. The molecule has 2 rings (SSSR count). The molecule has 1 aromatic carbocycles. The predicted octanol–water partition coefficient (Wildman–Crippen LogP) is 2.53. The Bertz CT molecular complexity index is 761. The number of aryl methyl sites for hydroxylation is 1. The first-order chi connectivity index (χ1) is 11.0. The standard InChI is InChI=1S/C14H15BrN4O3S/c1-3-8-12(23-14(16)18-8)13(21)19-17-6-7-4-5-9(22-2)11(20)10(7)15/h4-6,20H,3H2,1-2H3,(H2,16,18)(H,19,21)/b17-6-. The number of carbonyl (C=O) groups is 1. The maximum atomic E-state index is 12.1. The van der Waals surface area contributed by atoms with E-state index in [-0.39, 0.29) is 11.7 Å². The van der Waals surface area contributed by atoms with Gasteiger partial charge >= 0.3 is 0 Å². The number of benzene rings is 1. The van der Waals surface area contributed by atoms with Gasteiger partial charge in [-0.2, -0.15) is 5.10 Å². The van der Waals surface area contributed by atoms with Crippen LogP contribution in [0.25, 0.3) is 0 Å². The van der Waals surface area contributed by atoms with Gasteiger partial charge in [0.2, 0.25) is 0 Å². The number of hydrogen-bond acceptors (Lipinski definition) is 7. The van der Waals surface area contributed by atoms with Gasteiger partial charge in [-0.3, -0.25) is 4.79 Å². The van der Waals surface area contributed by atoms with Gasteiger partial charge in [0.1, 0.15) is 4.88 Å². The number of aromatic nitrogens is 1. The summed E-state index contributed by atoms with van der Waals surface area (Å²) in [5.41, 5.74) is 9.27. The number of nitrogens with two attached hydrogens (primary N) is 1. The molecular formula is C14H15BrN4O3S. The predicted molar refractivity (Wildman–Crippen MR) is 93.3 cm³/mol. The minimum atomic E-state index is -0.374. The normalized spacial score (nSPS) is 10.9. The van der Waals surface area contributed by atoms with Gasteiger partial charge in [0.25, 0.3) is 5.91 Å². The average molecular weight is 399 g/mol. The number of phenolic OH excluding ortho intramolecular Hbond substituents is 1. The first-order valence-corrected chi connectivity index (χ1v) is 8.22. The number of nitrogens with one attached hydrogen (secondary N) is 1. The summed E-state index contributed by atoms with van der Waals surface area (Å²) in [5.74, 6) is -0.0711. The molecule has 1 aromatic heterocycles. The number of nitrogens with zero attached hydrogens (tertiary/aromatic N) is 2. The Morgan fingerprint density at radius 3 is 3.00 bits per heavy atom. The fourth-order valence-electron chi connectivity index (χ4n) is 1.83. The summed E-state index contributed by atoms with van der Waals surface area (Å²) in [4.78, 5) is 16.6. The van der Waals surface area contributed by atoms with E-state index in [2.05, 4.69) is 31.4 Å². The van der Waals surface area contributed by atoms with Crippen LogP contribution in [-0.2, 0) is 6.42 Å². The van der Waals surface area contributed by atoms with Gasteiger partial charge in [0.05, 0.1) is 23.5 Å². The second-order valence-electron chi connectivity index (χ2n) is 4.40. The molecule has 0 saturated carbocycles.